The van der Waals surface area contributed by atoms with E-state index in [9.17, 15) is 0 Å². The maximum absolute atomic E-state index is 4.33. The topological polar surface area (TPSA) is 29.9 Å². The molecule has 3 nitrogen and oxygen atoms in total. The second-order valence-corrected chi connectivity index (χ2v) is 5.54. The lowest BCUT2D eigenvalue weighted by molar-refractivity contribution is 0.204. The lowest BCUT2D eigenvalue weighted by atomic mass is 9.79. The van der Waals surface area contributed by atoms with Crippen molar-refractivity contribution in [2.24, 2.45) is 11.8 Å². The highest BCUT2D eigenvalue weighted by molar-refractivity contribution is 5.01. The highest BCUT2D eigenvalue weighted by atomic mass is 15.1. The minimum atomic E-state index is 0.655. The van der Waals surface area contributed by atoms with Crippen molar-refractivity contribution >= 4 is 0 Å². The van der Waals surface area contributed by atoms with Crippen LogP contribution < -0.4 is 5.32 Å². The quantitative estimate of drug-likeness (QED) is 0.869. The van der Waals surface area contributed by atoms with Gasteiger partial charge in [0, 0.05) is 18.8 Å². The predicted molar refractivity (Wildman–Crippen MR) is 70.8 cm³/mol. The largest absolute Gasteiger partial charge is 0.330 e. The molecule has 3 atom stereocenters. The summed E-state index contributed by atoms with van der Waals surface area (Å²) in [6, 6.07) is 0.655. The summed E-state index contributed by atoms with van der Waals surface area (Å²) < 4.78 is 2.40. The summed E-state index contributed by atoms with van der Waals surface area (Å²) in [5, 5.41) is 3.39. The van der Waals surface area contributed by atoms with Crippen LogP contribution in [0.2, 0.25) is 0 Å². The summed E-state index contributed by atoms with van der Waals surface area (Å²) in [6.45, 7) is 8.86. The lowest BCUT2D eigenvalue weighted by Crippen LogP contribution is -2.26. The van der Waals surface area contributed by atoms with Crippen molar-refractivity contribution in [2.45, 2.75) is 52.6 Å². The Balaban J connectivity index is 2.08. The van der Waals surface area contributed by atoms with Crippen molar-refractivity contribution in [1.29, 1.82) is 0 Å². The van der Waals surface area contributed by atoms with Gasteiger partial charge in [0.25, 0.3) is 0 Å². The Morgan fingerprint density at radius 3 is 2.94 bits per heavy atom. The minimum absolute atomic E-state index is 0.655. The molecule has 0 bridgehead atoms. The molecule has 1 aliphatic carbocycles. The first kappa shape index (κ1) is 12.6. The fraction of sp³-hybridized carbons (Fsp3) is 0.786. The first-order chi connectivity index (χ1) is 8.22. The highest BCUT2D eigenvalue weighted by Crippen LogP contribution is 2.37. The van der Waals surface area contributed by atoms with Crippen molar-refractivity contribution in [2.75, 3.05) is 6.54 Å². The first-order valence-corrected chi connectivity index (χ1v) is 6.93. The molecule has 3 unspecified atom stereocenters. The Morgan fingerprint density at radius 2 is 2.24 bits per heavy atom. The van der Waals surface area contributed by atoms with E-state index in [2.05, 4.69) is 35.6 Å². The minimum Gasteiger partial charge on any atom is -0.330 e. The molecule has 0 radical (unpaired) electrons. The van der Waals surface area contributed by atoms with Crippen LogP contribution in [-0.2, 0) is 6.54 Å². The van der Waals surface area contributed by atoms with Gasteiger partial charge in [-0.3, -0.25) is 0 Å². The lowest BCUT2D eigenvalue weighted by Gasteiger charge is -2.34. The van der Waals surface area contributed by atoms with Crippen molar-refractivity contribution in [3.05, 3.63) is 18.2 Å². The molecule has 1 saturated carbocycles. The Morgan fingerprint density at radius 1 is 1.41 bits per heavy atom. The molecule has 1 aliphatic rings. The smallest absolute Gasteiger partial charge is 0.0951 e. The zero-order valence-corrected chi connectivity index (χ0v) is 11.3. The van der Waals surface area contributed by atoms with Crippen LogP contribution in [0.3, 0.4) is 0 Å². The van der Waals surface area contributed by atoms with E-state index in [0.717, 1.165) is 24.9 Å². The van der Waals surface area contributed by atoms with Crippen LogP contribution in [0, 0.1) is 11.8 Å². The maximum atomic E-state index is 4.33. The van der Waals surface area contributed by atoms with Crippen molar-refractivity contribution in [3.8, 4) is 0 Å². The van der Waals surface area contributed by atoms with E-state index >= 15 is 0 Å². The normalized spacial score (nSPS) is 29.5. The monoisotopic (exact) mass is 235 g/mol. The Bertz CT molecular complexity index is 345. The second kappa shape index (κ2) is 5.67. The van der Waals surface area contributed by atoms with Crippen LogP contribution in [0.5, 0.6) is 0 Å². The van der Waals surface area contributed by atoms with Crippen LogP contribution in [0.25, 0.3) is 0 Å². The molecule has 0 spiro atoms. The van der Waals surface area contributed by atoms with Gasteiger partial charge in [-0.25, -0.2) is 4.98 Å². The molecule has 96 valence electrons. The van der Waals surface area contributed by atoms with E-state index < -0.39 is 0 Å². The molecule has 3 heteroatoms. The molecule has 1 aromatic rings. The number of rotatable bonds is 4. The third-order valence-corrected chi connectivity index (χ3v) is 4.05. The molecule has 1 N–H and O–H groups in total. The average molecular weight is 235 g/mol. The Hall–Kier alpha value is -0.830. The van der Waals surface area contributed by atoms with Crippen molar-refractivity contribution in [1.82, 2.24) is 14.9 Å². The predicted octanol–water partition coefficient (Wildman–Crippen LogP) is 2.99. The van der Waals surface area contributed by atoms with Gasteiger partial charge in [0.15, 0.2) is 0 Å². The van der Waals surface area contributed by atoms with E-state index in [1.807, 2.05) is 12.5 Å². The Kier molecular flexibility index (Phi) is 4.21. The standard InChI is InChI=1S/C14H25N3/c1-4-15-8-13-9-16-10-17(13)14-6-5-11(2)7-12(14)3/h9-12,14-15H,4-8H2,1-3H3. The molecule has 0 aliphatic heterocycles. The first-order valence-electron chi connectivity index (χ1n) is 6.93. The van der Waals surface area contributed by atoms with E-state index in [4.69, 9.17) is 0 Å². The van der Waals surface area contributed by atoms with Gasteiger partial charge < -0.3 is 9.88 Å². The van der Waals surface area contributed by atoms with Gasteiger partial charge in [-0.15, -0.1) is 0 Å². The van der Waals surface area contributed by atoms with Crippen LogP contribution >= 0.6 is 0 Å². The molecular formula is C14H25N3. The van der Waals surface area contributed by atoms with Crippen molar-refractivity contribution < 1.29 is 0 Å². The SMILES string of the molecule is CCNCc1cncn1C1CCC(C)CC1C. The highest BCUT2D eigenvalue weighted by Gasteiger charge is 2.27. The van der Waals surface area contributed by atoms with Crippen LogP contribution in [0.1, 0.15) is 51.8 Å². The van der Waals surface area contributed by atoms with Crippen LogP contribution in [0.4, 0.5) is 0 Å². The molecule has 0 amide bonds. The van der Waals surface area contributed by atoms with Crippen LogP contribution in [0.15, 0.2) is 12.5 Å². The summed E-state index contributed by atoms with van der Waals surface area (Å²) in [4.78, 5) is 4.33. The summed E-state index contributed by atoms with van der Waals surface area (Å²) in [7, 11) is 0. The molecule has 1 aromatic heterocycles. The summed E-state index contributed by atoms with van der Waals surface area (Å²) in [5.41, 5.74) is 1.33. The number of hydrogen-bond acceptors (Lipinski definition) is 2. The molecule has 17 heavy (non-hydrogen) atoms. The summed E-state index contributed by atoms with van der Waals surface area (Å²) in [6.07, 6.45) is 8.03. The molecule has 0 aromatic carbocycles. The molecule has 1 heterocycles. The van der Waals surface area contributed by atoms with Gasteiger partial charge in [0.2, 0.25) is 0 Å². The average Bonchev–Trinajstić information content (AvgIpc) is 2.74. The van der Waals surface area contributed by atoms with Gasteiger partial charge >= 0.3 is 0 Å². The van der Waals surface area contributed by atoms with Gasteiger partial charge in [-0.05, 0) is 37.6 Å². The van der Waals surface area contributed by atoms with Gasteiger partial charge in [-0.2, -0.15) is 0 Å². The molecule has 2 rings (SSSR count). The van der Waals surface area contributed by atoms with E-state index in [-0.39, 0.29) is 0 Å². The van der Waals surface area contributed by atoms with Gasteiger partial charge in [-0.1, -0.05) is 20.8 Å². The number of imidazole rings is 1. The fourth-order valence-corrected chi connectivity index (χ4v) is 3.08. The van der Waals surface area contributed by atoms with E-state index in [0.29, 0.717) is 6.04 Å². The summed E-state index contributed by atoms with van der Waals surface area (Å²) >= 11 is 0. The molecule has 0 saturated heterocycles. The third kappa shape index (κ3) is 2.89. The van der Waals surface area contributed by atoms with Gasteiger partial charge in [0.05, 0.1) is 12.0 Å². The second-order valence-electron chi connectivity index (χ2n) is 5.54. The number of aromatic nitrogens is 2. The number of nitrogens with one attached hydrogen (secondary N) is 1. The maximum Gasteiger partial charge on any atom is 0.0951 e. The third-order valence-electron chi connectivity index (χ3n) is 4.05. The fourth-order valence-electron chi connectivity index (χ4n) is 3.08. The molecule has 1 fully saturated rings. The van der Waals surface area contributed by atoms with E-state index in [1.165, 1.54) is 25.0 Å². The molecular weight excluding hydrogens is 210 g/mol. The zero-order valence-electron chi connectivity index (χ0n) is 11.3. The number of nitrogens with zero attached hydrogens (tertiary/aromatic N) is 2. The van der Waals surface area contributed by atoms with E-state index in [1.54, 1.807) is 0 Å². The number of hydrogen-bond donors (Lipinski definition) is 1. The zero-order chi connectivity index (χ0) is 12.3. The van der Waals surface area contributed by atoms with Gasteiger partial charge in [0.1, 0.15) is 0 Å². The Labute approximate surface area is 105 Å². The van der Waals surface area contributed by atoms with Crippen molar-refractivity contribution in [3.63, 3.8) is 0 Å². The summed E-state index contributed by atoms with van der Waals surface area (Å²) in [5.74, 6) is 1.66. The van der Waals surface area contributed by atoms with Crippen LogP contribution in [-0.4, -0.2) is 16.1 Å².